The molecular weight excluding hydrogens is 375 g/mol. The standard InChI is InChI=1S/C15H14Cl2N2O4S/c1-10(12-4-7-14(16)15(17)8-12)18-24(22,23)9-11-2-5-13(6-3-11)19(20)21/h2-8,10,18H,9H2,1H3. The molecular formula is C15H14Cl2N2O4S. The maximum Gasteiger partial charge on any atom is 0.269 e. The van der Waals surface area contributed by atoms with Gasteiger partial charge in [-0.05, 0) is 30.2 Å². The predicted octanol–water partition coefficient (Wildman–Crippen LogP) is 4.08. The van der Waals surface area contributed by atoms with E-state index in [0.717, 1.165) is 0 Å². The Morgan fingerprint density at radius 3 is 2.29 bits per heavy atom. The smallest absolute Gasteiger partial charge is 0.258 e. The van der Waals surface area contributed by atoms with Crippen molar-refractivity contribution < 1.29 is 13.3 Å². The highest BCUT2D eigenvalue weighted by atomic mass is 35.5. The minimum atomic E-state index is -3.63. The molecule has 0 fully saturated rings. The molecule has 0 aliphatic heterocycles. The lowest BCUT2D eigenvalue weighted by Gasteiger charge is -2.15. The zero-order valence-electron chi connectivity index (χ0n) is 12.6. The highest BCUT2D eigenvalue weighted by molar-refractivity contribution is 7.88. The van der Waals surface area contributed by atoms with Gasteiger partial charge < -0.3 is 0 Å². The molecule has 0 amide bonds. The average Bonchev–Trinajstić information content (AvgIpc) is 2.49. The Hall–Kier alpha value is -1.67. The van der Waals surface area contributed by atoms with E-state index in [1.54, 1.807) is 25.1 Å². The van der Waals surface area contributed by atoms with Crippen LogP contribution in [0.5, 0.6) is 0 Å². The largest absolute Gasteiger partial charge is 0.269 e. The molecule has 2 aromatic carbocycles. The minimum Gasteiger partial charge on any atom is -0.258 e. The van der Waals surface area contributed by atoms with Gasteiger partial charge in [0.05, 0.1) is 20.7 Å². The van der Waals surface area contributed by atoms with Gasteiger partial charge in [0.25, 0.3) is 5.69 Å². The third-order valence-corrected chi connectivity index (χ3v) is 5.47. The van der Waals surface area contributed by atoms with E-state index in [2.05, 4.69) is 4.72 Å². The van der Waals surface area contributed by atoms with Crippen molar-refractivity contribution in [3.05, 3.63) is 73.8 Å². The first-order valence-corrected chi connectivity index (χ1v) is 9.27. The van der Waals surface area contributed by atoms with Gasteiger partial charge in [0, 0.05) is 18.2 Å². The number of nitrogens with one attached hydrogen (secondary N) is 1. The van der Waals surface area contributed by atoms with Crippen LogP contribution in [0.3, 0.4) is 0 Å². The molecule has 1 atom stereocenters. The van der Waals surface area contributed by atoms with E-state index in [0.29, 0.717) is 21.2 Å². The number of hydrogen-bond acceptors (Lipinski definition) is 4. The lowest BCUT2D eigenvalue weighted by atomic mass is 10.1. The zero-order chi connectivity index (χ0) is 17.9. The summed E-state index contributed by atoms with van der Waals surface area (Å²) in [5.41, 5.74) is 1.04. The summed E-state index contributed by atoms with van der Waals surface area (Å²) in [5, 5.41) is 11.3. The summed E-state index contributed by atoms with van der Waals surface area (Å²) in [6, 6.07) is 9.77. The molecule has 0 radical (unpaired) electrons. The van der Waals surface area contributed by atoms with Crippen LogP contribution in [0.4, 0.5) is 5.69 Å². The van der Waals surface area contributed by atoms with Gasteiger partial charge in [-0.2, -0.15) is 0 Å². The zero-order valence-corrected chi connectivity index (χ0v) is 14.9. The maximum atomic E-state index is 12.3. The maximum absolute atomic E-state index is 12.3. The van der Waals surface area contributed by atoms with Crippen molar-refractivity contribution in [2.45, 2.75) is 18.7 Å². The molecule has 0 saturated carbocycles. The summed E-state index contributed by atoms with van der Waals surface area (Å²) in [6.07, 6.45) is 0. The summed E-state index contributed by atoms with van der Waals surface area (Å²) >= 11 is 11.8. The topological polar surface area (TPSA) is 89.3 Å². The van der Waals surface area contributed by atoms with Crippen molar-refractivity contribution in [2.75, 3.05) is 0 Å². The minimum absolute atomic E-state index is 0.0896. The molecule has 1 unspecified atom stereocenters. The number of halogens is 2. The Bertz CT molecular complexity index is 854. The van der Waals surface area contributed by atoms with E-state index < -0.39 is 21.0 Å². The van der Waals surface area contributed by atoms with Crippen molar-refractivity contribution in [2.24, 2.45) is 0 Å². The van der Waals surface area contributed by atoms with Crippen LogP contribution in [0.1, 0.15) is 24.1 Å². The Kier molecular flexibility index (Phi) is 5.82. The van der Waals surface area contributed by atoms with Crippen LogP contribution in [0.25, 0.3) is 0 Å². The molecule has 6 nitrogen and oxygen atoms in total. The van der Waals surface area contributed by atoms with Crippen LogP contribution in [-0.2, 0) is 15.8 Å². The summed E-state index contributed by atoms with van der Waals surface area (Å²) in [5.74, 6) is -0.281. The Morgan fingerprint density at radius 1 is 1.12 bits per heavy atom. The highest BCUT2D eigenvalue weighted by Gasteiger charge is 2.18. The second-order valence-electron chi connectivity index (χ2n) is 5.20. The quantitative estimate of drug-likeness (QED) is 0.596. The van der Waals surface area contributed by atoms with Crippen LogP contribution >= 0.6 is 23.2 Å². The molecule has 128 valence electrons. The van der Waals surface area contributed by atoms with Crippen LogP contribution < -0.4 is 4.72 Å². The summed E-state index contributed by atoms with van der Waals surface area (Å²) in [6.45, 7) is 1.69. The molecule has 2 rings (SSSR count). The molecule has 0 heterocycles. The third-order valence-electron chi connectivity index (χ3n) is 3.30. The molecule has 24 heavy (non-hydrogen) atoms. The van der Waals surface area contributed by atoms with Crippen LogP contribution in [0.2, 0.25) is 10.0 Å². The molecule has 1 N–H and O–H groups in total. The van der Waals surface area contributed by atoms with E-state index >= 15 is 0 Å². The van der Waals surface area contributed by atoms with Gasteiger partial charge in [-0.1, -0.05) is 41.4 Å². The summed E-state index contributed by atoms with van der Waals surface area (Å²) in [7, 11) is -3.63. The molecule has 0 aliphatic carbocycles. The highest BCUT2D eigenvalue weighted by Crippen LogP contribution is 2.26. The average molecular weight is 389 g/mol. The molecule has 0 aliphatic rings. The van der Waals surface area contributed by atoms with Gasteiger partial charge in [0.15, 0.2) is 0 Å². The molecule has 0 saturated heterocycles. The number of nitro benzene ring substituents is 1. The van der Waals surface area contributed by atoms with Crippen molar-refractivity contribution in [3.63, 3.8) is 0 Å². The Labute approximate surface area is 149 Å². The molecule has 0 spiro atoms. The SMILES string of the molecule is CC(NS(=O)(=O)Cc1ccc([N+](=O)[O-])cc1)c1ccc(Cl)c(Cl)c1. The number of benzene rings is 2. The number of non-ortho nitro benzene ring substituents is 1. The van der Waals surface area contributed by atoms with Gasteiger partial charge in [0.2, 0.25) is 10.0 Å². The lowest BCUT2D eigenvalue weighted by molar-refractivity contribution is -0.384. The van der Waals surface area contributed by atoms with Crippen molar-refractivity contribution >= 4 is 38.9 Å². The molecule has 9 heteroatoms. The van der Waals surface area contributed by atoms with E-state index in [4.69, 9.17) is 23.2 Å². The van der Waals surface area contributed by atoms with E-state index in [1.165, 1.54) is 24.3 Å². The molecule has 0 aromatic heterocycles. The Morgan fingerprint density at radius 2 is 1.75 bits per heavy atom. The van der Waals surface area contributed by atoms with Crippen LogP contribution in [0.15, 0.2) is 42.5 Å². The predicted molar refractivity (Wildman–Crippen MR) is 93.7 cm³/mol. The first kappa shape index (κ1) is 18.7. The van der Waals surface area contributed by atoms with Crippen molar-refractivity contribution in [1.82, 2.24) is 4.72 Å². The fraction of sp³-hybridized carbons (Fsp3) is 0.200. The summed E-state index contributed by atoms with van der Waals surface area (Å²) in [4.78, 5) is 10.1. The van der Waals surface area contributed by atoms with E-state index in [1.807, 2.05) is 0 Å². The monoisotopic (exact) mass is 388 g/mol. The van der Waals surface area contributed by atoms with Crippen molar-refractivity contribution in [1.29, 1.82) is 0 Å². The van der Waals surface area contributed by atoms with Gasteiger partial charge in [-0.25, -0.2) is 13.1 Å². The summed E-state index contributed by atoms with van der Waals surface area (Å²) < 4.78 is 27.0. The first-order valence-electron chi connectivity index (χ1n) is 6.86. The fourth-order valence-electron chi connectivity index (χ4n) is 2.09. The van der Waals surface area contributed by atoms with Gasteiger partial charge >= 0.3 is 0 Å². The Balaban J connectivity index is 2.09. The third kappa shape index (κ3) is 4.91. The van der Waals surface area contributed by atoms with Crippen LogP contribution in [-0.4, -0.2) is 13.3 Å². The second-order valence-corrected chi connectivity index (χ2v) is 7.76. The number of nitrogens with zero attached hydrogens (tertiary/aromatic N) is 1. The van der Waals surface area contributed by atoms with Crippen molar-refractivity contribution in [3.8, 4) is 0 Å². The van der Waals surface area contributed by atoms with Crippen LogP contribution in [0, 0.1) is 10.1 Å². The number of nitro groups is 1. The molecule has 2 aromatic rings. The van der Waals surface area contributed by atoms with Gasteiger partial charge in [-0.3, -0.25) is 10.1 Å². The van der Waals surface area contributed by atoms with E-state index in [9.17, 15) is 18.5 Å². The fourth-order valence-corrected chi connectivity index (χ4v) is 3.79. The van der Waals surface area contributed by atoms with Gasteiger partial charge in [-0.15, -0.1) is 0 Å². The van der Waals surface area contributed by atoms with E-state index in [-0.39, 0.29) is 11.4 Å². The normalized spacial score (nSPS) is 12.8. The first-order chi connectivity index (χ1) is 11.2. The van der Waals surface area contributed by atoms with Gasteiger partial charge in [0.1, 0.15) is 0 Å². The number of rotatable bonds is 6. The lowest BCUT2D eigenvalue weighted by Crippen LogP contribution is -2.28. The number of hydrogen-bond donors (Lipinski definition) is 1. The molecule has 0 bridgehead atoms. The second kappa shape index (κ2) is 7.48. The number of sulfonamides is 1.